The van der Waals surface area contributed by atoms with Crippen LogP contribution >= 0.6 is 15.9 Å². The summed E-state index contributed by atoms with van der Waals surface area (Å²) in [5.74, 6) is -1.71. The summed E-state index contributed by atoms with van der Waals surface area (Å²) in [6, 6.07) is 3.51. The molecule has 0 aromatic heterocycles. The SMILES string of the molecule is COc1cc(OC)cc(C(=O)N[C@@H]2[C@@H](OC(C)=O)[C@@H](Br)O[C@H](COC(C)=O)[C@@H]2OC(C)=O)c1. The zero-order valence-corrected chi connectivity index (χ0v) is 20.4. The first-order valence-corrected chi connectivity index (χ1v) is 10.8. The molecule has 1 aromatic rings. The highest BCUT2D eigenvalue weighted by Crippen LogP contribution is 2.30. The summed E-state index contributed by atoms with van der Waals surface area (Å²) in [6.07, 6.45) is -3.17. The van der Waals surface area contributed by atoms with Crippen molar-refractivity contribution in [2.45, 2.75) is 50.1 Å². The Morgan fingerprint density at radius 1 is 0.909 bits per heavy atom. The van der Waals surface area contributed by atoms with Crippen LogP contribution in [-0.2, 0) is 33.3 Å². The molecule has 1 aliphatic heterocycles. The standard InChI is InChI=1S/C21H26BrNO10/c1-10(24)30-9-16-18(31-11(2)25)17(19(20(22)33-16)32-12(3)26)23-21(27)13-6-14(28-4)8-15(7-13)29-5/h6-8,16-20H,9H2,1-5H3,(H,23,27)/t16-,17+,18+,19-,20+/m1/s1. The topological polar surface area (TPSA) is 136 Å². The van der Waals surface area contributed by atoms with Gasteiger partial charge in [-0.1, -0.05) is 15.9 Å². The highest BCUT2D eigenvalue weighted by Gasteiger charge is 2.50. The molecule has 182 valence electrons. The van der Waals surface area contributed by atoms with Crippen LogP contribution in [0, 0.1) is 0 Å². The van der Waals surface area contributed by atoms with Crippen molar-refractivity contribution in [2.75, 3.05) is 20.8 Å². The quantitative estimate of drug-likeness (QED) is 0.297. The first-order chi connectivity index (χ1) is 15.5. The maximum atomic E-state index is 13.1. The first kappa shape index (κ1) is 26.4. The van der Waals surface area contributed by atoms with Gasteiger partial charge in [0.15, 0.2) is 17.2 Å². The molecule has 0 unspecified atom stereocenters. The van der Waals surface area contributed by atoms with E-state index in [1.165, 1.54) is 47.1 Å². The van der Waals surface area contributed by atoms with Gasteiger partial charge in [0.05, 0.1) is 14.2 Å². The van der Waals surface area contributed by atoms with Crippen LogP contribution in [-0.4, -0.2) is 74.0 Å². The fraction of sp³-hybridized carbons (Fsp3) is 0.524. The van der Waals surface area contributed by atoms with E-state index < -0.39 is 53.2 Å². The number of nitrogens with one attached hydrogen (secondary N) is 1. The third-order valence-electron chi connectivity index (χ3n) is 4.60. The van der Waals surface area contributed by atoms with Gasteiger partial charge in [-0.15, -0.1) is 0 Å². The summed E-state index contributed by atoms with van der Waals surface area (Å²) in [6.45, 7) is 3.32. The fourth-order valence-electron chi connectivity index (χ4n) is 3.23. The van der Waals surface area contributed by atoms with Gasteiger partial charge in [0.2, 0.25) is 0 Å². The van der Waals surface area contributed by atoms with Crippen molar-refractivity contribution in [2.24, 2.45) is 0 Å². The van der Waals surface area contributed by atoms with Crippen LogP contribution in [0.15, 0.2) is 18.2 Å². The Kier molecular flexibility index (Phi) is 9.47. The molecule has 0 radical (unpaired) electrons. The van der Waals surface area contributed by atoms with E-state index in [4.69, 9.17) is 28.4 Å². The van der Waals surface area contributed by atoms with Crippen molar-refractivity contribution in [3.8, 4) is 11.5 Å². The number of benzene rings is 1. The van der Waals surface area contributed by atoms with Gasteiger partial charge in [0, 0.05) is 32.4 Å². The molecule has 2 rings (SSSR count). The van der Waals surface area contributed by atoms with Crippen molar-refractivity contribution >= 4 is 39.7 Å². The Balaban J connectivity index is 2.43. The lowest BCUT2D eigenvalue weighted by Crippen LogP contribution is -2.65. The van der Waals surface area contributed by atoms with Crippen molar-refractivity contribution < 1.29 is 47.6 Å². The number of carbonyl (C=O) groups is 4. The summed E-state index contributed by atoms with van der Waals surface area (Å²) in [5.41, 5.74) is 0.184. The molecule has 1 aliphatic rings. The Labute approximate surface area is 199 Å². The van der Waals surface area contributed by atoms with Gasteiger partial charge in [-0.25, -0.2) is 0 Å². The summed E-state index contributed by atoms with van der Waals surface area (Å²) in [4.78, 5) is 48.0. The molecule has 0 bridgehead atoms. The Morgan fingerprint density at radius 3 is 1.94 bits per heavy atom. The predicted octanol–water partition coefficient (Wildman–Crippen LogP) is 1.35. The highest BCUT2D eigenvalue weighted by molar-refractivity contribution is 9.09. The third kappa shape index (κ3) is 7.32. The lowest BCUT2D eigenvalue weighted by atomic mass is 9.96. The molecular formula is C21H26BrNO10. The van der Waals surface area contributed by atoms with Crippen LogP contribution in [0.4, 0.5) is 0 Å². The second-order valence-electron chi connectivity index (χ2n) is 7.08. The minimum absolute atomic E-state index is 0.184. The zero-order valence-electron chi connectivity index (χ0n) is 18.8. The zero-order chi connectivity index (χ0) is 24.7. The van der Waals surface area contributed by atoms with Crippen molar-refractivity contribution in [3.63, 3.8) is 0 Å². The Bertz CT molecular complexity index is 870. The smallest absolute Gasteiger partial charge is 0.303 e. The van der Waals surface area contributed by atoms with Crippen LogP contribution in [0.25, 0.3) is 0 Å². The van der Waals surface area contributed by atoms with Crippen molar-refractivity contribution in [3.05, 3.63) is 23.8 Å². The molecule has 12 heteroatoms. The maximum Gasteiger partial charge on any atom is 0.303 e. The van der Waals surface area contributed by atoms with Gasteiger partial charge in [-0.05, 0) is 12.1 Å². The average Bonchev–Trinajstić information content (AvgIpc) is 2.75. The average molecular weight is 532 g/mol. The summed E-state index contributed by atoms with van der Waals surface area (Å²) in [5, 5.41) is 1.84. The minimum atomic E-state index is -1.14. The number of ether oxygens (including phenoxy) is 6. The van der Waals surface area contributed by atoms with E-state index in [1.54, 1.807) is 6.07 Å². The second-order valence-corrected chi connectivity index (χ2v) is 7.98. The molecule has 1 saturated heterocycles. The third-order valence-corrected chi connectivity index (χ3v) is 5.34. The van der Waals surface area contributed by atoms with Gasteiger partial charge in [-0.2, -0.15) is 0 Å². The largest absolute Gasteiger partial charge is 0.497 e. The van der Waals surface area contributed by atoms with E-state index in [9.17, 15) is 19.2 Å². The number of amides is 1. The van der Waals surface area contributed by atoms with Gasteiger partial charge in [0.25, 0.3) is 5.91 Å². The number of halogens is 1. The molecule has 0 spiro atoms. The fourth-order valence-corrected chi connectivity index (χ4v) is 3.95. The van der Waals surface area contributed by atoms with Gasteiger partial charge < -0.3 is 33.7 Å². The monoisotopic (exact) mass is 531 g/mol. The summed E-state index contributed by atoms with van der Waals surface area (Å²) < 4.78 is 31.9. The van der Waals surface area contributed by atoms with Crippen LogP contribution in [0.5, 0.6) is 11.5 Å². The van der Waals surface area contributed by atoms with Crippen LogP contribution in [0.1, 0.15) is 31.1 Å². The molecule has 11 nitrogen and oxygen atoms in total. The van der Waals surface area contributed by atoms with E-state index in [0.717, 1.165) is 0 Å². The molecule has 0 aliphatic carbocycles. The number of alkyl halides is 1. The van der Waals surface area contributed by atoms with Crippen molar-refractivity contribution in [1.29, 1.82) is 0 Å². The van der Waals surface area contributed by atoms with E-state index in [2.05, 4.69) is 21.2 Å². The lowest BCUT2D eigenvalue weighted by molar-refractivity contribution is -0.202. The number of rotatable bonds is 8. The number of esters is 3. The molecule has 0 saturated carbocycles. The van der Waals surface area contributed by atoms with E-state index in [0.29, 0.717) is 11.5 Å². The van der Waals surface area contributed by atoms with Crippen LogP contribution < -0.4 is 14.8 Å². The molecular weight excluding hydrogens is 506 g/mol. The summed E-state index contributed by atoms with van der Waals surface area (Å²) >= 11 is 3.28. The van der Waals surface area contributed by atoms with Gasteiger partial charge in [0.1, 0.15) is 30.3 Å². The number of hydrogen-bond donors (Lipinski definition) is 1. The minimum Gasteiger partial charge on any atom is -0.497 e. The predicted molar refractivity (Wildman–Crippen MR) is 116 cm³/mol. The molecule has 5 atom stereocenters. The number of hydrogen-bond acceptors (Lipinski definition) is 10. The van der Waals surface area contributed by atoms with E-state index in [1.807, 2.05) is 0 Å². The molecule has 33 heavy (non-hydrogen) atoms. The van der Waals surface area contributed by atoms with E-state index in [-0.39, 0.29) is 12.2 Å². The number of methoxy groups -OCH3 is 2. The molecule has 1 amide bonds. The summed E-state index contributed by atoms with van der Waals surface area (Å²) in [7, 11) is 2.88. The normalized spacial score (nSPS) is 24.2. The molecule has 1 fully saturated rings. The second kappa shape index (κ2) is 11.8. The van der Waals surface area contributed by atoms with Gasteiger partial charge >= 0.3 is 17.9 Å². The Morgan fingerprint density at radius 2 is 1.45 bits per heavy atom. The number of carbonyl (C=O) groups excluding carboxylic acids is 4. The van der Waals surface area contributed by atoms with Crippen LogP contribution in [0.2, 0.25) is 0 Å². The highest BCUT2D eigenvalue weighted by atomic mass is 79.9. The molecule has 1 aromatic carbocycles. The maximum absolute atomic E-state index is 13.1. The first-order valence-electron chi connectivity index (χ1n) is 9.87. The lowest BCUT2D eigenvalue weighted by Gasteiger charge is -2.43. The van der Waals surface area contributed by atoms with Gasteiger partial charge in [-0.3, -0.25) is 19.2 Å². The Hall–Kier alpha value is -2.86. The molecule has 1 heterocycles. The van der Waals surface area contributed by atoms with E-state index >= 15 is 0 Å². The molecule has 1 N–H and O–H groups in total. The van der Waals surface area contributed by atoms with Crippen LogP contribution in [0.3, 0.4) is 0 Å². The van der Waals surface area contributed by atoms with Crippen molar-refractivity contribution in [1.82, 2.24) is 5.32 Å².